The average Bonchev–Trinajstić information content (AvgIpc) is 2.71. The standard InChI is InChI=1S/C13H22N2O2S2/c1-11-4-3-7-15(8-5-11)19(16,17)13-6-9-18-12(13)10-14-2/h6,9,11,14H,3-5,7-8,10H2,1-2H3. The SMILES string of the molecule is CNCc1sccc1S(=O)(=O)N1CCCC(C)CC1. The molecule has 1 atom stereocenters. The highest BCUT2D eigenvalue weighted by molar-refractivity contribution is 7.89. The number of thiophene rings is 1. The molecule has 1 aliphatic rings. The van der Waals surface area contributed by atoms with Crippen LogP contribution in [-0.2, 0) is 16.6 Å². The lowest BCUT2D eigenvalue weighted by Crippen LogP contribution is -2.32. The third-order valence-corrected chi connectivity index (χ3v) is 6.67. The number of hydrogen-bond donors (Lipinski definition) is 1. The van der Waals surface area contributed by atoms with Crippen molar-refractivity contribution in [2.45, 2.75) is 37.6 Å². The lowest BCUT2D eigenvalue weighted by molar-refractivity contribution is 0.416. The fourth-order valence-corrected chi connectivity index (χ4v) is 5.38. The molecule has 2 rings (SSSR count). The van der Waals surface area contributed by atoms with Gasteiger partial charge in [0.15, 0.2) is 0 Å². The highest BCUT2D eigenvalue weighted by Crippen LogP contribution is 2.27. The fraction of sp³-hybridized carbons (Fsp3) is 0.692. The predicted molar refractivity (Wildman–Crippen MR) is 78.9 cm³/mol. The molecule has 0 radical (unpaired) electrons. The average molecular weight is 302 g/mol. The molecule has 0 bridgehead atoms. The summed E-state index contributed by atoms with van der Waals surface area (Å²) in [6.07, 6.45) is 3.05. The van der Waals surface area contributed by atoms with E-state index in [1.54, 1.807) is 10.4 Å². The van der Waals surface area contributed by atoms with Gasteiger partial charge in [0, 0.05) is 24.5 Å². The first-order valence-electron chi connectivity index (χ1n) is 6.77. The van der Waals surface area contributed by atoms with Gasteiger partial charge < -0.3 is 5.32 Å². The molecule has 0 spiro atoms. The van der Waals surface area contributed by atoms with E-state index in [0.717, 1.165) is 24.1 Å². The molecule has 1 N–H and O–H groups in total. The topological polar surface area (TPSA) is 49.4 Å². The van der Waals surface area contributed by atoms with Crippen LogP contribution >= 0.6 is 11.3 Å². The highest BCUT2D eigenvalue weighted by Gasteiger charge is 2.28. The van der Waals surface area contributed by atoms with Gasteiger partial charge in [0.1, 0.15) is 0 Å². The van der Waals surface area contributed by atoms with Gasteiger partial charge in [-0.1, -0.05) is 6.92 Å². The maximum absolute atomic E-state index is 12.7. The summed E-state index contributed by atoms with van der Waals surface area (Å²) in [5.41, 5.74) is 0. The molecule has 1 fully saturated rings. The third kappa shape index (κ3) is 3.37. The normalized spacial score (nSPS) is 22.3. The van der Waals surface area contributed by atoms with E-state index in [0.29, 0.717) is 30.4 Å². The molecule has 1 aliphatic heterocycles. The minimum absolute atomic E-state index is 0.487. The van der Waals surface area contributed by atoms with Crippen molar-refractivity contribution >= 4 is 21.4 Å². The molecule has 1 saturated heterocycles. The number of hydrogen-bond acceptors (Lipinski definition) is 4. The molecule has 6 heteroatoms. The van der Waals surface area contributed by atoms with E-state index in [1.807, 2.05) is 12.4 Å². The van der Waals surface area contributed by atoms with Crippen LogP contribution in [0.1, 0.15) is 31.1 Å². The summed E-state index contributed by atoms with van der Waals surface area (Å²) in [7, 11) is -1.48. The summed E-state index contributed by atoms with van der Waals surface area (Å²) in [6.45, 7) is 4.11. The van der Waals surface area contributed by atoms with E-state index < -0.39 is 10.0 Å². The first kappa shape index (κ1) is 15.0. The van der Waals surface area contributed by atoms with Gasteiger partial charge in [0.2, 0.25) is 10.0 Å². The number of nitrogens with one attached hydrogen (secondary N) is 1. The van der Waals surface area contributed by atoms with Crippen molar-refractivity contribution in [2.24, 2.45) is 5.92 Å². The van der Waals surface area contributed by atoms with E-state index >= 15 is 0 Å². The largest absolute Gasteiger partial charge is 0.315 e. The molecule has 108 valence electrons. The van der Waals surface area contributed by atoms with Crippen LogP contribution in [0.4, 0.5) is 0 Å². The molecule has 0 amide bonds. The van der Waals surface area contributed by atoms with Crippen LogP contribution in [0.25, 0.3) is 0 Å². The van der Waals surface area contributed by atoms with Crippen LogP contribution in [0.2, 0.25) is 0 Å². The van der Waals surface area contributed by atoms with Gasteiger partial charge in [-0.05, 0) is 43.7 Å². The summed E-state index contributed by atoms with van der Waals surface area (Å²) < 4.78 is 27.1. The quantitative estimate of drug-likeness (QED) is 0.928. The van der Waals surface area contributed by atoms with Gasteiger partial charge >= 0.3 is 0 Å². The van der Waals surface area contributed by atoms with E-state index in [4.69, 9.17) is 0 Å². The summed E-state index contributed by atoms with van der Waals surface area (Å²) in [5, 5.41) is 4.89. The van der Waals surface area contributed by atoms with Gasteiger partial charge in [0.05, 0.1) is 4.90 Å². The van der Waals surface area contributed by atoms with Gasteiger partial charge in [-0.2, -0.15) is 4.31 Å². The molecule has 2 heterocycles. The fourth-order valence-electron chi connectivity index (χ4n) is 2.46. The minimum Gasteiger partial charge on any atom is -0.315 e. The van der Waals surface area contributed by atoms with Crippen LogP contribution in [-0.4, -0.2) is 32.9 Å². The van der Waals surface area contributed by atoms with Gasteiger partial charge in [-0.15, -0.1) is 11.3 Å². The van der Waals surface area contributed by atoms with E-state index in [9.17, 15) is 8.42 Å². The van der Waals surface area contributed by atoms with Gasteiger partial charge in [-0.3, -0.25) is 0 Å². The molecule has 0 aromatic carbocycles. The number of sulfonamides is 1. The lowest BCUT2D eigenvalue weighted by atomic mass is 10.0. The summed E-state index contributed by atoms with van der Waals surface area (Å²) in [6, 6.07) is 1.74. The maximum Gasteiger partial charge on any atom is 0.244 e. The van der Waals surface area contributed by atoms with Crippen molar-refractivity contribution in [3.05, 3.63) is 16.3 Å². The van der Waals surface area contributed by atoms with Crippen molar-refractivity contribution in [1.29, 1.82) is 0 Å². The molecule has 4 nitrogen and oxygen atoms in total. The molecular formula is C13H22N2O2S2. The van der Waals surface area contributed by atoms with Crippen LogP contribution in [0.5, 0.6) is 0 Å². The Bertz CT molecular complexity index is 510. The Morgan fingerprint density at radius 3 is 2.95 bits per heavy atom. The van der Waals surface area contributed by atoms with E-state index in [2.05, 4.69) is 12.2 Å². The molecular weight excluding hydrogens is 280 g/mol. The van der Waals surface area contributed by atoms with Crippen molar-refractivity contribution in [3.8, 4) is 0 Å². The Labute approximate surface area is 119 Å². The summed E-state index contributed by atoms with van der Waals surface area (Å²) in [5.74, 6) is 0.624. The Kier molecular flexibility index (Phi) is 5.00. The zero-order valence-corrected chi connectivity index (χ0v) is 13.2. The van der Waals surface area contributed by atoms with E-state index in [1.165, 1.54) is 11.3 Å². The van der Waals surface area contributed by atoms with Crippen molar-refractivity contribution in [3.63, 3.8) is 0 Å². The van der Waals surface area contributed by atoms with Crippen LogP contribution < -0.4 is 5.32 Å². The Morgan fingerprint density at radius 1 is 1.42 bits per heavy atom. The molecule has 1 unspecified atom stereocenters. The van der Waals surface area contributed by atoms with Crippen LogP contribution in [0, 0.1) is 5.92 Å². The third-order valence-electron chi connectivity index (χ3n) is 3.64. The highest BCUT2D eigenvalue weighted by atomic mass is 32.2. The zero-order chi connectivity index (χ0) is 13.9. The van der Waals surface area contributed by atoms with Crippen molar-refractivity contribution in [2.75, 3.05) is 20.1 Å². The first-order valence-corrected chi connectivity index (χ1v) is 9.08. The maximum atomic E-state index is 12.7. The van der Waals surface area contributed by atoms with E-state index in [-0.39, 0.29) is 0 Å². The van der Waals surface area contributed by atoms with Crippen LogP contribution in [0.3, 0.4) is 0 Å². The van der Waals surface area contributed by atoms with Crippen LogP contribution in [0.15, 0.2) is 16.3 Å². The molecule has 1 aromatic rings. The molecule has 19 heavy (non-hydrogen) atoms. The second-order valence-electron chi connectivity index (χ2n) is 5.18. The zero-order valence-electron chi connectivity index (χ0n) is 11.6. The number of nitrogens with zero attached hydrogens (tertiary/aromatic N) is 1. The second-order valence-corrected chi connectivity index (χ2v) is 8.09. The summed E-state index contributed by atoms with van der Waals surface area (Å²) in [4.78, 5) is 1.39. The monoisotopic (exact) mass is 302 g/mol. The first-order chi connectivity index (χ1) is 9.05. The lowest BCUT2D eigenvalue weighted by Gasteiger charge is -2.20. The Balaban J connectivity index is 2.23. The summed E-state index contributed by atoms with van der Waals surface area (Å²) >= 11 is 1.50. The molecule has 0 aliphatic carbocycles. The second kappa shape index (κ2) is 6.35. The van der Waals surface area contributed by atoms with Crippen molar-refractivity contribution in [1.82, 2.24) is 9.62 Å². The Hall–Kier alpha value is -0.430. The minimum atomic E-state index is -3.31. The van der Waals surface area contributed by atoms with Crippen molar-refractivity contribution < 1.29 is 8.42 Å². The Morgan fingerprint density at radius 2 is 2.21 bits per heavy atom. The predicted octanol–water partition coefficient (Wildman–Crippen LogP) is 2.28. The smallest absolute Gasteiger partial charge is 0.244 e. The molecule has 0 saturated carbocycles. The van der Waals surface area contributed by atoms with Gasteiger partial charge in [0.25, 0.3) is 0 Å². The molecule has 1 aromatic heterocycles. The number of rotatable bonds is 4. The van der Waals surface area contributed by atoms with Gasteiger partial charge in [-0.25, -0.2) is 8.42 Å².